The third-order valence-electron chi connectivity index (χ3n) is 3.07. The second kappa shape index (κ2) is 7.18. The van der Waals surface area contributed by atoms with Gasteiger partial charge in [-0.3, -0.25) is 0 Å². The molecule has 0 saturated heterocycles. The molecule has 0 spiro atoms. The molecule has 0 aliphatic heterocycles. The molecule has 0 unspecified atom stereocenters. The summed E-state index contributed by atoms with van der Waals surface area (Å²) in [5.41, 5.74) is 2.02. The summed E-state index contributed by atoms with van der Waals surface area (Å²) in [6, 6.07) is 8.83. The first-order valence-electron chi connectivity index (χ1n) is 7.03. The molecule has 21 heavy (non-hydrogen) atoms. The lowest BCUT2D eigenvalue weighted by Gasteiger charge is -2.13. The minimum atomic E-state index is -0.579. The van der Waals surface area contributed by atoms with Gasteiger partial charge in [0.2, 0.25) is 0 Å². The number of nitrogens with one attached hydrogen (secondary N) is 1. The van der Waals surface area contributed by atoms with Crippen molar-refractivity contribution in [3.8, 4) is 11.5 Å². The minimum absolute atomic E-state index is 0.101. The van der Waals surface area contributed by atoms with Crippen LogP contribution in [0.2, 0.25) is 0 Å². The van der Waals surface area contributed by atoms with Gasteiger partial charge in [0.05, 0.1) is 0 Å². The molecule has 0 bridgehead atoms. The van der Waals surface area contributed by atoms with Gasteiger partial charge in [0.1, 0.15) is 11.6 Å². The summed E-state index contributed by atoms with van der Waals surface area (Å²) in [5, 5.41) is 3.28. The van der Waals surface area contributed by atoms with Crippen molar-refractivity contribution in [2.45, 2.75) is 26.8 Å². The van der Waals surface area contributed by atoms with Gasteiger partial charge in [0, 0.05) is 18.2 Å². The van der Waals surface area contributed by atoms with E-state index in [4.69, 9.17) is 4.74 Å². The molecular formula is C17H19F2NO. The molecule has 112 valence electrons. The van der Waals surface area contributed by atoms with Crippen LogP contribution in [0.5, 0.6) is 11.5 Å². The maximum Gasteiger partial charge on any atom is 0.165 e. The van der Waals surface area contributed by atoms with Gasteiger partial charge in [-0.2, -0.15) is 0 Å². The summed E-state index contributed by atoms with van der Waals surface area (Å²) >= 11 is 0. The molecule has 1 N–H and O–H groups in total. The summed E-state index contributed by atoms with van der Waals surface area (Å²) in [4.78, 5) is 0. The Morgan fingerprint density at radius 2 is 1.86 bits per heavy atom. The second-order valence-corrected chi connectivity index (χ2v) is 4.96. The van der Waals surface area contributed by atoms with Crippen LogP contribution in [-0.4, -0.2) is 6.54 Å². The number of hydrogen-bond acceptors (Lipinski definition) is 2. The lowest BCUT2D eigenvalue weighted by molar-refractivity contribution is 0.430. The molecule has 2 nitrogen and oxygen atoms in total. The Hall–Kier alpha value is -1.94. The summed E-state index contributed by atoms with van der Waals surface area (Å²) in [6.45, 7) is 5.59. The van der Waals surface area contributed by atoms with Crippen LogP contribution in [0.15, 0.2) is 36.4 Å². The van der Waals surface area contributed by atoms with E-state index in [1.165, 1.54) is 0 Å². The average Bonchev–Trinajstić information content (AvgIpc) is 2.46. The molecule has 0 aliphatic rings. The van der Waals surface area contributed by atoms with Crippen molar-refractivity contribution >= 4 is 0 Å². The fourth-order valence-electron chi connectivity index (χ4n) is 2.02. The highest BCUT2D eigenvalue weighted by atomic mass is 19.1. The van der Waals surface area contributed by atoms with Crippen molar-refractivity contribution in [2.75, 3.05) is 6.54 Å². The first-order valence-corrected chi connectivity index (χ1v) is 7.03. The van der Waals surface area contributed by atoms with Crippen LogP contribution >= 0.6 is 0 Å². The Balaban J connectivity index is 2.24. The van der Waals surface area contributed by atoms with E-state index in [-0.39, 0.29) is 5.75 Å². The van der Waals surface area contributed by atoms with Crippen LogP contribution in [0, 0.1) is 18.6 Å². The van der Waals surface area contributed by atoms with Crippen LogP contribution in [-0.2, 0) is 6.54 Å². The van der Waals surface area contributed by atoms with E-state index in [0.29, 0.717) is 12.3 Å². The van der Waals surface area contributed by atoms with Gasteiger partial charge >= 0.3 is 0 Å². The van der Waals surface area contributed by atoms with Gasteiger partial charge in [-0.05, 0) is 38.1 Å². The smallest absolute Gasteiger partial charge is 0.165 e. The highest BCUT2D eigenvalue weighted by Crippen LogP contribution is 2.28. The van der Waals surface area contributed by atoms with Crippen LogP contribution in [0.3, 0.4) is 0 Å². The van der Waals surface area contributed by atoms with Gasteiger partial charge < -0.3 is 10.1 Å². The summed E-state index contributed by atoms with van der Waals surface area (Å²) in [5.74, 6) is -0.669. The maximum atomic E-state index is 13.7. The minimum Gasteiger partial charge on any atom is -0.454 e. The zero-order valence-corrected chi connectivity index (χ0v) is 12.2. The number of aryl methyl sites for hydroxylation is 1. The highest BCUT2D eigenvalue weighted by Gasteiger charge is 2.10. The van der Waals surface area contributed by atoms with Gasteiger partial charge in [0.25, 0.3) is 0 Å². The fraction of sp³-hybridized carbons (Fsp3) is 0.294. The van der Waals surface area contributed by atoms with Crippen molar-refractivity contribution in [3.63, 3.8) is 0 Å². The largest absolute Gasteiger partial charge is 0.454 e. The second-order valence-electron chi connectivity index (χ2n) is 4.96. The number of rotatable bonds is 6. The molecule has 0 saturated carbocycles. The maximum absolute atomic E-state index is 13.7. The molecule has 0 fully saturated rings. The predicted molar refractivity (Wildman–Crippen MR) is 79.6 cm³/mol. The first-order chi connectivity index (χ1) is 10.1. The summed E-state index contributed by atoms with van der Waals surface area (Å²) in [6.07, 6.45) is 1.03. The van der Waals surface area contributed by atoms with E-state index in [9.17, 15) is 8.78 Å². The van der Waals surface area contributed by atoms with Crippen LogP contribution in [0.25, 0.3) is 0 Å². The van der Waals surface area contributed by atoms with E-state index in [0.717, 1.165) is 42.3 Å². The molecule has 0 atom stereocenters. The zero-order valence-electron chi connectivity index (χ0n) is 12.2. The molecule has 2 aromatic rings. The van der Waals surface area contributed by atoms with Crippen LogP contribution in [0.1, 0.15) is 24.5 Å². The highest BCUT2D eigenvalue weighted by molar-refractivity contribution is 5.40. The molecule has 0 radical (unpaired) electrons. The zero-order chi connectivity index (χ0) is 15.2. The Labute approximate surface area is 123 Å². The van der Waals surface area contributed by atoms with E-state index in [1.807, 2.05) is 19.1 Å². The SMILES string of the molecule is CCCNCc1cc(C)ccc1Oc1cc(F)ccc1F. The van der Waals surface area contributed by atoms with Crippen LogP contribution < -0.4 is 10.1 Å². The summed E-state index contributed by atoms with van der Waals surface area (Å²) in [7, 11) is 0. The molecule has 0 amide bonds. The van der Waals surface area contributed by atoms with Gasteiger partial charge in [0.15, 0.2) is 11.6 Å². The Morgan fingerprint density at radius 1 is 1.05 bits per heavy atom. The van der Waals surface area contributed by atoms with E-state index < -0.39 is 11.6 Å². The Bertz CT molecular complexity index is 614. The molecule has 2 rings (SSSR count). The molecule has 0 aromatic heterocycles. The first kappa shape index (κ1) is 15.4. The normalized spacial score (nSPS) is 10.7. The van der Waals surface area contributed by atoms with Gasteiger partial charge in [-0.15, -0.1) is 0 Å². The molecule has 2 aromatic carbocycles. The van der Waals surface area contributed by atoms with Gasteiger partial charge in [-0.25, -0.2) is 8.78 Å². The summed E-state index contributed by atoms with van der Waals surface area (Å²) < 4.78 is 32.4. The van der Waals surface area contributed by atoms with Crippen molar-refractivity contribution in [2.24, 2.45) is 0 Å². The van der Waals surface area contributed by atoms with Crippen molar-refractivity contribution in [3.05, 3.63) is 59.2 Å². The third kappa shape index (κ3) is 4.26. The van der Waals surface area contributed by atoms with Crippen molar-refractivity contribution in [1.29, 1.82) is 0 Å². The monoisotopic (exact) mass is 291 g/mol. The van der Waals surface area contributed by atoms with Gasteiger partial charge in [-0.1, -0.05) is 24.6 Å². The Kier molecular flexibility index (Phi) is 5.28. The van der Waals surface area contributed by atoms with E-state index in [2.05, 4.69) is 12.2 Å². The topological polar surface area (TPSA) is 21.3 Å². The lowest BCUT2D eigenvalue weighted by Crippen LogP contribution is -2.14. The molecule has 0 heterocycles. The Morgan fingerprint density at radius 3 is 2.62 bits per heavy atom. The number of ether oxygens (including phenoxy) is 1. The number of hydrogen-bond donors (Lipinski definition) is 1. The fourth-order valence-corrected chi connectivity index (χ4v) is 2.02. The molecule has 0 aliphatic carbocycles. The third-order valence-corrected chi connectivity index (χ3v) is 3.07. The quantitative estimate of drug-likeness (QED) is 0.787. The standard InChI is InChI=1S/C17H19F2NO/c1-3-8-20-11-13-9-12(2)4-7-16(13)21-17-10-14(18)5-6-15(17)19/h4-7,9-10,20H,3,8,11H2,1-2H3. The number of halogens is 2. The van der Waals surface area contributed by atoms with E-state index >= 15 is 0 Å². The van der Waals surface area contributed by atoms with Crippen molar-refractivity contribution in [1.82, 2.24) is 5.32 Å². The lowest BCUT2D eigenvalue weighted by atomic mass is 10.1. The molecular weight excluding hydrogens is 272 g/mol. The molecule has 4 heteroatoms. The van der Waals surface area contributed by atoms with Crippen molar-refractivity contribution < 1.29 is 13.5 Å². The average molecular weight is 291 g/mol. The van der Waals surface area contributed by atoms with Crippen LogP contribution in [0.4, 0.5) is 8.78 Å². The number of benzene rings is 2. The van der Waals surface area contributed by atoms with E-state index in [1.54, 1.807) is 6.07 Å². The predicted octanol–water partition coefficient (Wildman–Crippen LogP) is 4.57.